The maximum atomic E-state index is 12.2. The molecular weight excluding hydrogens is 394 g/mol. The van der Waals surface area contributed by atoms with E-state index in [9.17, 15) is 9.59 Å². The van der Waals surface area contributed by atoms with Crippen molar-refractivity contribution in [2.24, 2.45) is 0 Å². The number of aromatic nitrogens is 3. The zero-order valence-corrected chi connectivity index (χ0v) is 15.9. The Labute approximate surface area is 170 Å². The third kappa shape index (κ3) is 4.66. The fourth-order valence-electron chi connectivity index (χ4n) is 2.56. The van der Waals surface area contributed by atoms with Crippen LogP contribution < -0.4 is 20.3 Å². The molecule has 10 heteroatoms. The fourth-order valence-corrected chi connectivity index (χ4v) is 3.16. The van der Waals surface area contributed by atoms with Crippen LogP contribution in [0.4, 0.5) is 0 Å². The second-order valence-corrected chi connectivity index (χ2v) is 6.97. The molecule has 0 radical (unpaired) electrons. The molecule has 0 spiro atoms. The number of amides is 2. The number of para-hydroxylation sites is 2. The highest BCUT2D eigenvalue weighted by Gasteiger charge is 2.27. The number of rotatable bonds is 5. The fraction of sp³-hybridized carbons (Fsp3) is 0.158. The first-order valence-electron chi connectivity index (χ1n) is 8.77. The van der Waals surface area contributed by atoms with Gasteiger partial charge in [0.1, 0.15) is 6.61 Å². The van der Waals surface area contributed by atoms with Gasteiger partial charge in [-0.3, -0.25) is 25.5 Å². The Morgan fingerprint density at radius 1 is 1.07 bits per heavy atom. The Morgan fingerprint density at radius 2 is 1.83 bits per heavy atom. The number of hydrogen-bond acceptors (Lipinski definition) is 7. The molecule has 3 aromatic rings. The zero-order chi connectivity index (χ0) is 20.1. The Morgan fingerprint density at radius 3 is 2.66 bits per heavy atom. The first kappa shape index (κ1) is 18.8. The van der Waals surface area contributed by atoms with Gasteiger partial charge in [0.05, 0.1) is 5.75 Å². The molecule has 1 atom stereocenters. The number of thioether (sulfide) groups is 1. The third-order valence-corrected chi connectivity index (χ3v) is 4.82. The van der Waals surface area contributed by atoms with Gasteiger partial charge < -0.3 is 9.47 Å². The molecule has 0 aliphatic carbocycles. The minimum atomic E-state index is -0.848. The number of aromatic amines is 1. The van der Waals surface area contributed by atoms with E-state index < -0.39 is 17.9 Å². The van der Waals surface area contributed by atoms with E-state index in [1.807, 2.05) is 36.4 Å². The van der Waals surface area contributed by atoms with Gasteiger partial charge >= 0.3 is 0 Å². The number of carbonyl (C=O) groups is 2. The number of nitrogens with zero attached hydrogens (tertiary/aromatic N) is 2. The number of H-pyrrole nitrogens is 1. The van der Waals surface area contributed by atoms with Crippen LogP contribution in [0.25, 0.3) is 11.4 Å². The van der Waals surface area contributed by atoms with Crippen molar-refractivity contribution in [2.75, 3.05) is 12.4 Å². The van der Waals surface area contributed by atoms with Crippen LogP contribution in [-0.4, -0.2) is 45.5 Å². The number of carbonyl (C=O) groups excluding carboxylic acids is 2. The average molecular weight is 411 g/mol. The minimum Gasteiger partial charge on any atom is -0.485 e. The van der Waals surface area contributed by atoms with Crippen LogP contribution in [0.3, 0.4) is 0 Å². The van der Waals surface area contributed by atoms with Crippen molar-refractivity contribution in [3.63, 3.8) is 0 Å². The van der Waals surface area contributed by atoms with Gasteiger partial charge in [-0.25, -0.2) is 4.98 Å². The normalized spacial score (nSPS) is 14.8. The van der Waals surface area contributed by atoms with Gasteiger partial charge in [-0.05, 0) is 12.1 Å². The zero-order valence-electron chi connectivity index (χ0n) is 15.1. The van der Waals surface area contributed by atoms with E-state index in [0.717, 1.165) is 17.3 Å². The van der Waals surface area contributed by atoms with Crippen molar-refractivity contribution in [1.82, 2.24) is 26.0 Å². The molecule has 1 aliphatic heterocycles. The molecule has 148 valence electrons. The van der Waals surface area contributed by atoms with Crippen LogP contribution >= 0.6 is 11.8 Å². The van der Waals surface area contributed by atoms with Crippen molar-refractivity contribution in [3.8, 4) is 22.9 Å². The Bertz CT molecular complexity index is 1010. The van der Waals surface area contributed by atoms with E-state index in [4.69, 9.17) is 9.47 Å². The largest absolute Gasteiger partial charge is 0.485 e. The number of fused-ring (bicyclic) bond motifs is 1. The lowest BCUT2D eigenvalue weighted by molar-refractivity contribution is -0.134. The van der Waals surface area contributed by atoms with Crippen molar-refractivity contribution < 1.29 is 19.1 Å². The molecule has 9 nitrogen and oxygen atoms in total. The summed E-state index contributed by atoms with van der Waals surface area (Å²) < 4.78 is 11.1. The van der Waals surface area contributed by atoms with Gasteiger partial charge in [0.15, 0.2) is 17.3 Å². The highest BCUT2D eigenvalue weighted by atomic mass is 32.2. The van der Waals surface area contributed by atoms with Crippen molar-refractivity contribution in [2.45, 2.75) is 11.3 Å². The quantitative estimate of drug-likeness (QED) is 0.431. The number of hydrazine groups is 1. The van der Waals surface area contributed by atoms with Gasteiger partial charge in [-0.15, -0.1) is 5.10 Å². The van der Waals surface area contributed by atoms with Crippen LogP contribution in [0.5, 0.6) is 11.5 Å². The third-order valence-electron chi connectivity index (χ3n) is 3.97. The maximum Gasteiger partial charge on any atom is 0.283 e. The van der Waals surface area contributed by atoms with Crippen molar-refractivity contribution in [3.05, 3.63) is 54.6 Å². The van der Waals surface area contributed by atoms with Gasteiger partial charge in [0.2, 0.25) is 17.2 Å². The first-order chi connectivity index (χ1) is 14.2. The molecule has 1 aliphatic rings. The predicted octanol–water partition coefficient (Wildman–Crippen LogP) is 1.55. The molecule has 3 N–H and O–H groups in total. The number of ether oxygens (including phenoxy) is 2. The van der Waals surface area contributed by atoms with E-state index >= 15 is 0 Å². The summed E-state index contributed by atoms with van der Waals surface area (Å²) in [6, 6.07) is 16.6. The Balaban J connectivity index is 1.23. The van der Waals surface area contributed by atoms with E-state index in [-0.39, 0.29) is 12.4 Å². The van der Waals surface area contributed by atoms with Gasteiger partial charge in [0, 0.05) is 5.56 Å². The highest BCUT2D eigenvalue weighted by Crippen LogP contribution is 2.30. The summed E-state index contributed by atoms with van der Waals surface area (Å²) in [4.78, 5) is 28.5. The van der Waals surface area contributed by atoms with Crippen LogP contribution in [0, 0.1) is 0 Å². The van der Waals surface area contributed by atoms with Crippen LogP contribution in [0.15, 0.2) is 59.8 Å². The molecule has 2 amide bonds. The summed E-state index contributed by atoms with van der Waals surface area (Å²) in [5.74, 6) is 0.834. The van der Waals surface area contributed by atoms with Crippen LogP contribution in [0.2, 0.25) is 0 Å². The van der Waals surface area contributed by atoms with Crippen molar-refractivity contribution in [1.29, 1.82) is 0 Å². The standard InChI is InChI=1S/C19H17N5O4S/c25-16(11-29-19-20-17(22-24-19)12-6-2-1-3-7-12)21-23-18(26)15-10-27-13-8-4-5-9-14(13)28-15/h1-9,15H,10-11H2,(H,21,25)(H,23,26)(H,20,22,24)/t15-/m0/s1. The summed E-state index contributed by atoms with van der Waals surface area (Å²) in [6.07, 6.45) is -0.848. The molecule has 0 bridgehead atoms. The van der Waals surface area contributed by atoms with E-state index in [1.165, 1.54) is 0 Å². The summed E-state index contributed by atoms with van der Waals surface area (Å²) in [5.41, 5.74) is 5.60. The van der Waals surface area contributed by atoms with Gasteiger partial charge in [-0.1, -0.05) is 54.2 Å². The maximum absolute atomic E-state index is 12.2. The predicted molar refractivity (Wildman–Crippen MR) is 105 cm³/mol. The lowest BCUT2D eigenvalue weighted by Gasteiger charge is -2.25. The lowest BCUT2D eigenvalue weighted by atomic mass is 10.2. The second-order valence-electron chi connectivity index (χ2n) is 6.02. The van der Waals surface area contributed by atoms with Crippen molar-refractivity contribution >= 4 is 23.6 Å². The Hall–Kier alpha value is -3.53. The molecule has 29 heavy (non-hydrogen) atoms. The topological polar surface area (TPSA) is 118 Å². The number of hydrogen-bond donors (Lipinski definition) is 3. The number of benzene rings is 2. The molecule has 2 aromatic carbocycles. The SMILES string of the molecule is O=C(CSc1n[nH]c(-c2ccccc2)n1)NNC(=O)[C@@H]1COc2ccccc2O1. The summed E-state index contributed by atoms with van der Waals surface area (Å²) in [6.45, 7) is 0.0624. The molecule has 1 aromatic heterocycles. The minimum absolute atomic E-state index is 0.0389. The van der Waals surface area contributed by atoms with Gasteiger partial charge in [0.25, 0.3) is 5.91 Å². The average Bonchev–Trinajstić information content (AvgIpc) is 3.25. The molecule has 0 saturated carbocycles. The summed E-state index contributed by atoms with van der Waals surface area (Å²) in [7, 11) is 0. The molecule has 0 unspecified atom stereocenters. The Kier molecular flexibility index (Phi) is 5.61. The van der Waals surface area contributed by atoms with E-state index in [1.54, 1.807) is 18.2 Å². The van der Waals surface area contributed by atoms with E-state index in [2.05, 4.69) is 26.0 Å². The van der Waals surface area contributed by atoms with Crippen LogP contribution in [0.1, 0.15) is 0 Å². The molecule has 2 heterocycles. The highest BCUT2D eigenvalue weighted by molar-refractivity contribution is 7.99. The molecule has 0 fully saturated rings. The summed E-state index contributed by atoms with van der Waals surface area (Å²) in [5, 5.41) is 7.35. The number of nitrogens with one attached hydrogen (secondary N) is 3. The van der Waals surface area contributed by atoms with Gasteiger partial charge in [-0.2, -0.15) is 0 Å². The first-order valence-corrected chi connectivity index (χ1v) is 9.75. The molecular formula is C19H17N5O4S. The lowest BCUT2D eigenvalue weighted by Crippen LogP contribution is -2.51. The van der Waals surface area contributed by atoms with E-state index in [0.29, 0.717) is 22.5 Å². The molecule has 0 saturated heterocycles. The monoisotopic (exact) mass is 411 g/mol. The second kappa shape index (κ2) is 8.65. The smallest absolute Gasteiger partial charge is 0.283 e. The molecule has 4 rings (SSSR count). The summed E-state index contributed by atoms with van der Waals surface area (Å²) >= 11 is 1.15. The van der Waals surface area contributed by atoms with Crippen LogP contribution in [-0.2, 0) is 9.59 Å².